The van der Waals surface area contributed by atoms with Crippen LogP contribution in [0.4, 0.5) is 0 Å². The third-order valence-electron chi connectivity index (χ3n) is 5.08. The molecular weight excluding hydrogens is 366 g/mol. The van der Waals surface area contributed by atoms with Crippen LogP contribution in [0.15, 0.2) is 42.6 Å². The molecule has 5 heteroatoms. The van der Waals surface area contributed by atoms with Gasteiger partial charge in [-0.05, 0) is 29.8 Å². The summed E-state index contributed by atoms with van der Waals surface area (Å²) in [6, 6.07) is 12.7. The fourth-order valence-corrected chi connectivity index (χ4v) is 4.53. The van der Waals surface area contributed by atoms with E-state index >= 15 is 0 Å². The maximum Gasteiger partial charge on any atom is 0.133 e. The summed E-state index contributed by atoms with van der Waals surface area (Å²) in [6.45, 7) is 9.43. The van der Waals surface area contributed by atoms with E-state index in [1.165, 1.54) is 26.6 Å². The molecule has 4 rings (SSSR count). The van der Waals surface area contributed by atoms with Gasteiger partial charge in [0.15, 0.2) is 0 Å². The summed E-state index contributed by atoms with van der Waals surface area (Å²) in [7, 11) is 1.71. The van der Waals surface area contributed by atoms with Crippen molar-refractivity contribution in [1.82, 2.24) is 14.9 Å². The Morgan fingerprint density at radius 3 is 2.82 bits per heavy atom. The summed E-state index contributed by atoms with van der Waals surface area (Å²) in [6.07, 6.45) is 3.03. The second-order valence-electron chi connectivity index (χ2n) is 8.37. The molecule has 0 bridgehead atoms. The van der Waals surface area contributed by atoms with Crippen LogP contribution in [-0.4, -0.2) is 28.5 Å². The topological polar surface area (TPSA) is 38.2 Å². The highest BCUT2D eigenvalue weighted by atomic mass is 32.1. The molecule has 0 radical (unpaired) electrons. The smallest absolute Gasteiger partial charge is 0.133 e. The second kappa shape index (κ2) is 7.64. The van der Waals surface area contributed by atoms with Crippen molar-refractivity contribution in [2.45, 2.75) is 45.7 Å². The highest BCUT2D eigenvalue weighted by molar-refractivity contribution is 7.15. The quantitative estimate of drug-likeness (QED) is 0.620. The molecule has 2 aromatic heterocycles. The molecule has 0 saturated carbocycles. The number of methoxy groups -OCH3 is 1. The molecule has 28 heavy (non-hydrogen) atoms. The minimum Gasteiger partial charge on any atom is -0.497 e. The van der Waals surface area contributed by atoms with Gasteiger partial charge in [-0.1, -0.05) is 32.9 Å². The monoisotopic (exact) mass is 393 g/mol. The summed E-state index contributed by atoms with van der Waals surface area (Å²) in [5, 5.41) is 0. The lowest BCUT2D eigenvalue weighted by Gasteiger charge is -2.28. The Kier molecular flexibility index (Phi) is 5.21. The van der Waals surface area contributed by atoms with Crippen LogP contribution in [0.2, 0.25) is 0 Å². The zero-order chi connectivity index (χ0) is 19.7. The Labute approximate surface area is 171 Å². The summed E-state index contributed by atoms with van der Waals surface area (Å²) >= 11 is 1.86. The minimum absolute atomic E-state index is 0.000344. The van der Waals surface area contributed by atoms with Crippen molar-refractivity contribution < 1.29 is 4.74 Å². The fourth-order valence-electron chi connectivity index (χ4n) is 3.49. The van der Waals surface area contributed by atoms with Gasteiger partial charge < -0.3 is 4.74 Å². The largest absolute Gasteiger partial charge is 0.497 e. The number of nitrogens with zero attached hydrogens (tertiary/aromatic N) is 3. The SMILES string of the molecule is COc1cccc(-c2ccc(CN3CCc4nc(C(C)(C)C)ncc4C3)s2)c1. The van der Waals surface area contributed by atoms with Crippen molar-refractivity contribution in [3.8, 4) is 16.2 Å². The van der Waals surface area contributed by atoms with Crippen molar-refractivity contribution in [2.24, 2.45) is 0 Å². The Morgan fingerprint density at radius 2 is 2.04 bits per heavy atom. The number of ether oxygens (including phenoxy) is 1. The average molecular weight is 394 g/mol. The van der Waals surface area contributed by atoms with E-state index < -0.39 is 0 Å². The molecular formula is C23H27N3OS. The van der Waals surface area contributed by atoms with E-state index in [0.29, 0.717) is 0 Å². The highest BCUT2D eigenvalue weighted by Gasteiger charge is 2.23. The number of thiophene rings is 1. The van der Waals surface area contributed by atoms with Crippen LogP contribution < -0.4 is 4.74 Å². The standard InChI is InChI=1S/C23H27N3OS/c1-23(2,3)22-24-13-17-14-26(11-10-20(17)25-22)15-19-8-9-21(28-19)16-6-5-7-18(12-16)27-4/h5-9,12-13H,10-11,14-15H2,1-4H3. The molecule has 146 valence electrons. The minimum atomic E-state index is -0.000344. The normalized spacial score (nSPS) is 14.7. The van der Waals surface area contributed by atoms with Crippen LogP contribution >= 0.6 is 11.3 Å². The van der Waals surface area contributed by atoms with Crippen LogP contribution in [0.5, 0.6) is 5.75 Å². The van der Waals surface area contributed by atoms with Crippen LogP contribution in [0.25, 0.3) is 10.4 Å². The van der Waals surface area contributed by atoms with Crippen LogP contribution in [-0.2, 0) is 24.9 Å². The molecule has 3 aromatic rings. The number of hydrogen-bond acceptors (Lipinski definition) is 5. The van der Waals surface area contributed by atoms with E-state index in [0.717, 1.165) is 37.6 Å². The van der Waals surface area contributed by atoms with Gasteiger partial charge in [0, 0.05) is 58.7 Å². The van der Waals surface area contributed by atoms with Gasteiger partial charge in [-0.15, -0.1) is 11.3 Å². The zero-order valence-corrected chi connectivity index (χ0v) is 17.8. The lowest BCUT2D eigenvalue weighted by atomic mass is 9.95. The van der Waals surface area contributed by atoms with E-state index in [9.17, 15) is 0 Å². The third kappa shape index (κ3) is 4.10. The number of benzene rings is 1. The van der Waals surface area contributed by atoms with Crippen molar-refractivity contribution in [1.29, 1.82) is 0 Å². The van der Waals surface area contributed by atoms with E-state index in [1.807, 2.05) is 29.7 Å². The summed E-state index contributed by atoms with van der Waals surface area (Å²) in [4.78, 5) is 14.6. The first-order valence-corrected chi connectivity index (χ1v) is 10.5. The summed E-state index contributed by atoms with van der Waals surface area (Å²) in [5.74, 6) is 1.84. The highest BCUT2D eigenvalue weighted by Crippen LogP contribution is 2.32. The first-order chi connectivity index (χ1) is 13.4. The number of hydrogen-bond donors (Lipinski definition) is 0. The average Bonchev–Trinajstić information content (AvgIpc) is 3.15. The number of aromatic nitrogens is 2. The Bertz CT molecular complexity index is 974. The lowest BCUT2D eigenvalue weighted by Crippen LogP contribution is -2.31. The van der Waals surface area contributed by atoms with Crippen LogP contribution in [0, 0.1) is 0 Å². The molecule has 1 aromatic carbocycles. The van der Waals surface area contributed by atoms with Gasteiger partial charge in [0.2, 0.25) is 0 Å². The van der Waals surface area contributed by atoms with Gasteiger partial charge in [-0.3, -0.25) is 4.90 Å². The lowest BCUT2D eigenvalue weighted by molar-refractivity contribution is 0.244. The van der Waals surface area contributed by atoms with Crippen molar-refractivity contribution in [3.05, 3.63) is 64.6 Å². The summed E-state index contributed by atoms with van der Waals surface area (Å²) in [5.41, 5.74) is 3.70. The molecule has 0 unspecified atom stereocenters. The van der Waals surface area contributed by atoms with Gasteiger partial charge in [-0.25, -0.2) is 9.97 Å². The van der Waals surface area contributed by atoms with Gasteiger partial charge >= 0.3 is 0 Å². The Hall–Kier alpha value is -2.24. The molecule has 3 heterocycles. The molecule has 0 atom stereocenters. The van der Waals surface area contributed by atoms with E-state index in [-0.39, 0.29) is 5.41 Å². The molecule has 0 spiro atoms. The van der Waals surface area contributed by atoms with E-state index in [1.54, 1.807) is 7.11 Å². The maximum absolute atomic E-state index is 5.35. The van der Waals surface area contributed by atoms with Gasteiger partial charge in [0.1, 0.15) is 11.6 Å². The fraction of sp³-hybridized carbons (Fsp3) is 0.391. The summed E-state index contributed by atoms with van der Waals surface area (Å²) < 4.78 is 5.35. The molecule has 1 aliphatic rings. The molecule has 0 amide bonds. The van der Waals surface area contributed by atoms with E-state index in [4.69, 9.17) is 9.72 Å². The van der Waals surface area contributed by atoms with Crippen molar-refractivity contribution >= 4 is 11.3 Å². The van der Waals surface area contributed by atoms with Crippen molar-refractivity contribution in [3.63, 3.8) is 0 Å². The second-order valence-corrected chi connectivity index (χ2v) is 9.54. The van der Waals surface area contributed by atoms with E-state index in [2.05, 4.69) is 54.9 Å². The molecule has 0 fully saturated rings. The van der Waals surface area contributed by atoms with Crippen molar-refractivity contribution in [2.75, 3.05) is 13.7 Å². The van der Waals surface area contributed by atoms with Gasteiger partial charge in [0.25, 0.3) is 0 Å². The zero-order valence-electron chi connectivity index (χ0n) is 17.0. The molecule has 0 N–H and O–H groups in total. The van der Waals surface area contributed by atoms with Gasteiger partial charge in [-0.2, -0.15) is 0 Å². The first kappa shape index (κ1) is 19.1. The van der Waals surface area contributed by atoms with Crippen LogP contribution in [0.3, 0.4) is 0 Å². The Balaban J connectivity index is 1.46. The molecule has 1 aliphatic heterocycles. The van der Waals surface area contributed by atoms with Gasteiger partial charge in [0.05, 0.1) is 7.11 Å². The molecule has 0 aliphatic carbocycles. The predicted molar refractivity (Wildman–Crippen MR) is 115 cm³/mol. The maximum atomic E-state index is 5.35. The Morgan fingerprint density at radius 1 is 1.18 bits per heavy atom. The van der Waals surface area contributed by atoms with Crippen LogP contribution in [0.1, 0.15) is 42.7 Å². The first-order valence-electron chi connectivity index (χ1n) is 9.73. The predicted octanol–water partition coefficient (Wildman–Crippen LogP) is 5.07. The number of rotatable bonds is 4. The molecule has 0 saturated heterocycles. The number of fused-ring (bicyclic) bond motifs is 1. The third-order valence-corrected chi connectivity index (χ3v) is 6.20. The molecule has 4 nitrogen and oxygen atoms in total.